The van der Waals surface area contributed by atoms with Gasteiger partial charge in [-0.05, 0) is 18.2 Å². The molecule has 8 heteroatoms. The molecular formula is C18H17N5O3. The van der Waals surface area contributed by atoms with Gasteiger partial charge in [-0.2, -0.15) is 10.4 Å². The van der Waals surface area contributed by atoms with Crippen molar-refractivity contribution >= 4 is 11.7 Å². The molecule has 3 aromatic rings. The van der Waals surface area contributed by atoms with Crippen molar-refractivity contribution in [1.29, 1.82) is 5.26 Å². The number of methoxy groups -OCH3 is 1. The molecular weight excluding hydrogens is 334 g/mol. The van der Waals surface area contributed by atoms with E-state index >= 15 is 0 Å². The maximum Gasteiger partial charge on any atom is 0.357 e. The predicted octanol–water partition coefficient (Wildman–Crippen LogP) is 1.99. The number of anilines is 1. The average molecular weight is 351 g/mol. The van der Waals surface area contributed by atoms with Crippen molar-refractivity contribution in [2.45, 2.75) is 6.54 Å². The minimum atomic E-state index is -0.629. The molecule has 0 aliphatic heterocycles. The largest absolute Gasteiger partial charge is 0.489 e. The molecule has 0 atom stereocenters. The van der Waals surface area contributed by atoms with Gasteiger partial charge >= 0.3 is 5.97 Å². The number of esters is 1. The van der Waals surface area contributed by atoms with Crippen LogP contribution in [-0.4, -0.2) is 34.0 Å². The lowest BCUT2D eigenvalue weighted by Gasteiger charge is -2.14. The third kappa shape index (κ3) is 3.23. The number of para-hydroxylation sites is 2. The van der Waals surface area contributed by atoms with Crippen LogP contribution in [0, 0.1) is 11.3 Å². The first-order valence-electron chi connectivity index (χ1n) is 7.84. The molecule has 2 N–H and O–H groups in total. The summed E-state index contributed by atoms with van der Waals surface area (Å²) in [4.78, 5) is 12.2. The monoisotopic (exact) mass is 351 g/mol. The van der Waals surface area contributed by atoms with E-state index in [0.717, 1.165) is 0 Å². The van der Waals surface area contributed by atoms with Gasteiger partial charge in [0.15, 0.2) is 5.69 Å². The van der Waals surface area contributed by atoms with Crippen LogP contribution in [-0.2, 0) is 11.3 Å². The number of benzene rings is 1. The van der Waals surface area contributed by atoms with Crippen molar-refractivity contribution in [3.8, 4) is 17.5 Å². The second-order valence-corrected chi connectivity index (χ2v) is 5.36. The van der Waals surface area contributed by atoms with Crippen LogP contribution in [0.3, 0.4) is 0 Å². The molecule has 0 amide bonds. The van der Waals surface area contributed by atoms with Gasteiger partial charge in [0.25, 0.3) is 0 Å². The van der Waals surface area contributed by atoms with Crippen LogP contribution in [0.1, 0.15) is 16.1 Å². The predicted molar refractivity (Wildman–Crippen MR) is 94.0 cm³/mol. The van der Waals surface area contributed by atoms with Crippen molar-refractivity contribution in [1.82, 2.24) is 14.3 Å². The number of hydrogen-bond donors (Lipinski definition) is 1. The second kappa shape index (κ2) is 7.44. The van der Waals surface area contributed by atoms with Gasteiger partial charge in [-0.25, -0.2) is 4.79 Å². The highest BCUT2D eigenvalue weighted by Crippen LogP contribution is 2.30. The minimum absolute atomic E-state index is 0.0747. The van der Waals surface area contributed by atoms with Crippen LogP contribution in [0.2, 0.25) is 0 Å². The molecule has 0 fully saturated rings. The SMILES string of the molecule is COC(=O)c1c(N)c(C#N)cn1-c1ccccc1OCCn1cccn1. The van der Waals surface area contributed by atoms with Crippen LogP contribution < -0.4 is 10.5 Å². The van der Waals surface area contributed by atoms with E-state index in [0.29, 0.717) is 24.6 Å². The van der Waals surface area contributed by atoms with Crippen LogP contribution in [0.15, 0.2) is 48.9 Å². The van der Waals surface area contributed by atoms with Crippen molar-refractivity contribution in [3.63, 3.8) is 0 Å². The molecule has 0 spiro atoms. The molecule has 0 saturated carbocycles. The zero-order chi connectivity index (χ0) is 18.5. The Morgan fingerprint density at radius 1 is 1.35 bits per heavy atom. The summed E-state index contributed by atoms with van der Waals surface area (Å²) in [6, 6.07) is 11.0. The summed E-state index contributed by atoms with van der Waals surface area (Å²) >= 11 is 0. The van der Waals surface area contributed by atoms with E-state index in [4.69, 9.17) is 15.2 Å². The van der Waals surface area contributed by atoms with Crippen molar-refractivity contribution in [2.75, 3.05) is 19.5 Å². The lowest BCUT2D eigenvalue weighted by atomic mass is 10.2. The molecule has 132 valence electrons. The van der Waals surface area contributed by atoms with E-state index in [1.807, 2.05) is 24.4 Å². The lowest BCUT2D eigenvalue weighted by Crippen LogP contribution is -2.13. The van der Waals surface area contributed by atoms with Crippen molar-refractivity contribution in [2.24, 2.45) is 0 Å². The van der Waals surface area contributed by atoms with Gasteiger partial charge in [-0.1, -0.05) is 12.1 Å². The maximum atomic E-state index is 12.2. The van der Waals surface area contributed by atoms with Crippen LogP contribution in [0.5, 0.6) is 5.75 Å². The highest BCUT2D eigenvalue weighted by Gasteiger charge is 2.23. The molecule has 1 aromatic carbocycles. The second-order valence-electron chi connectivity index (χ2n) is 5.36. The number of aromatic nitrogens is 3. The number of rotatable bonds is 6. The molecule has 0 aliphatic carbocycles. The third-order valence-corrected chi connectivity index (χ3v) is 3.81. The van der Waals surface area contributed by atoms with Crippen LogP contribution in [0.25, 0.3) is 5.69 Å². The summed E-state index contributed by atoms with van der Waals surface area (Å²) in [6.45, 7) is 0.955. The van der Waals surface area contributed by atoms with Crippen molar-refractivity contribution < 1.29 is 14.3 Å². The average Bonchev–Trinajstić information content (AvgIpc) is 3.29. The summed E-state index contributed by atoms with van der Waals surface area (Å²) in [5, 5.41) is 13.4. The highest BCUT2D eigenvalue weighted by molar-refractivity contribution is 5.96. The molecule has 26 heavy (non-hydrogen) atoms. The van der Waals surface area contributed by atoms with E-state index < -0.39 is 5.97 Å². The Kier molecular flexibility index (Phi) is 4.90. The number of nitrogen functional groups attached to an aromatic ring is 1. The molecule has 8 nitrogen and oxygen atoms in total. The van der Waals surface area contributed by atoms with E-state index in [1.165, 1.54) is 17.9 Å². The molecule has 0 bridgehead atoms. The first kappa shape index (κ1) is 17.1. The summed E-state index contributed by atoms with van der Waals surface area (Å²) in [5.74, 6) is -0.0837. The Bertz CT molecular complexity index is 954. The van der Waals surface area contributed by atoms with Crippen molar-refractivity contribution in [3.05, 3.63) is 60.2 Å². The van der Waals surface area contributed by atoms with Gasteiger partial charge in [0, 0.05) is 18.6 Å². The number of nitriles is 1. The zero-order valence-electron chi connectivity index (χ0n) is 14.1. The maximum absolute atomic E-state index is 12.2. The highest BCUT2D eigenvalue weighted by atomic mass is 16.5. The summed E-state index contributed by atoms with van der Waals surface area (Å²) in [7, 11) is 1.26. The Balaban J connectivity index is 1.95. The summed E-state index contributed by atoms with van der Waals surface area (Å²) in [5.41, 5.74) is 6.89. The molecule has 0 aliphatic rings. The number of carbonyl (C=O) groups excluding carboxylic acids is 1. The first-order valence-corrected chi connectivity index (χ1v) is 7.84. The molecule has 2 heterocycles. The summed E-state index contributed by atoms with van der Waals surface area (Å²) in [6.07, 6.45) is 5.04. The normalized spacial score (nSPS) is 10.3. The number of carbonyl (C=O) groups is 1. The van der Waals surface area contributed by atoms with Crippen LogP contribution in [0.4, 0.5) is 5.69 Å². The zero-order valence-corrected chi connectivity index (χ0v) is 14.1. The minimum Gasteiger partial charge on any atom is -0.489 e. The van der Waals surface area contributed by atoms with Gasteiger partial charge < -0.3 is 19.8 Å². The number of ether oxygens (including phenoxy) is 2. The van der Waals surface area contributed by atoms with Gasteiger partial charge in [-0.3, -0.25) is 4.68 Å². The Morgan fingerprint density at radius 2 is 2.15 bits per heavy atom. The molecule has 0 saturated heterocycles. The van der Waals surface area contributed by atoms with E-state index in [-0.39, 0.29) is 16.9 Å². The lowest BCUT2D eigenvalue weighted by molar-refractivity contribution is 0.0593. The van der Waals surface area contributed by atoms with E-state index in [1.54, 1.807) is 29.1 Å². The van der Waals surface area contributed by atoms with E-state index in [9.17, 15) is 10.1 Å². The van der Waals surface area contributed by atoms with Gasteiger partial charge in [0.1, 0.15) is 18.4 Å². The Morgan fingerprint density at radius 3 is 2.85 bits per heavy atom. The number of nitrogens with two attached hydrogens (primary N) is 1. The van der Waals surface area contributed by atoms with E-state index in [2.05, 4.69) is 5.10 Å². The number of hydrogen-bond acceptors (Lipinski definition) is 6. The Labute approximate surface area is 150 Å². The fraction of sp³-hybridized carbons (Fsp3) is 0.167. The number of nitrogens with zero attached hydrogens (tertiary/aromatic N) is 4. The quantitative estimate of drug-likeness (QED) is 0.681. The van der Waals surface area contributed by atoms with Gasteiger partial charge in [0.05, 0.1) is 30.6 Å². The topological polar surface area (TPSA) is 108 Å². The summed E-state index contributed by atoms with van der Waals surface area (Å²) < 4.78 is 13.9. The smallest absolute Gasteiger partial charge is 0.357 e. The Hall–Kier alpha value is -3.73. The fourth-order valence-electron chi connectivity index (χ4n) is 2.56. The standard InChI is InChI=1S/C18H17N5O3/c1-25-18(24)17-16(20)13(11-19)12-23(17)14-5-2-3-6-15(14)26-10-9-22-8-4-7-21-22/h2-8,12H,9-10,20H2,1H3. The molecule has 3 rings (SSSR count). The van der Waals surface area contributed by atoms with Gasteiger partial charge in [0.2, 0.25) is 0 Å². The third-order valence-electron chi connectivity index (χ3n) is 3.81. The fourth-order valence-corrected chi connectivity index (χ4v) is 2.56. The van der Waals surface area contributed by atoms with Crippen LogP contribution >= 0.6 is 0 Å². The molecule has 0 radical (unpaired) electrons. The van der Waals surface area contributed by atoms with Gasteiger partial charge in [-0.15, -0.1) is 0 Å². The molecule has 2 aromatic heterocycles. The molecule has 0 unspecified atom stereocenters. The first-order chi connectivity index (χ1) is 12.7.